The quantitative estimate of drug-likeness (QED) is 0.325. The second kappa shape index (κ2) is 11.9. The number of esters is 2. The fourth-order valence-electron chi connectivity index (χ4n) is 2.84. The number of carbonyl (C=O) groups excluding carboxylic acids is 2. The third-order valence-electron chi connectivity index (χ3n) is 4.85. The van der Waals surface area contributed by atoms with Gasteiger partial charge in [-0.1, -0.05) is 51.3 Å². The maximum atomic E-state index is 11.8. The highest BCUT2D eigenvalue weighted by Gasteiger charge is 2.17. The summed E-state index contributed by atoms with van der Waals surface area (Å²) in [6.45, 7) is 14.8. The van der Waals surface area contributed by atoms with Crippen LogP contribution in [0.15, 0.2) is 60.7 Å². The Morgan fingerprint density at radius 1 is 0.750 bits per heavy atom. The molecule has 2 aromatic rings. The van der Waals surface area contributed by atoms with E-state index in [0.717, 1.165) is 10.8 Å². The molecule has 2 aromatic carbocycles. The lowest BCUT2D eigenvalue weighted by Gasteiger charge is -2.20. The lowest BCUT2D eigenvalue weighted by atomic mass is 10.1. The molecule has 0 aliphatic carbocycles. The molecule has 0 spiro atoms. The fraction of sp³-hybridized carbons (Fsp3) is 0.385. The molecular weight excluding hydrogens is 408 g/mol. The average Bonchev–Trinajstić information content (AvgIpc) is 2.79. The van der Waals surface area contributed by atoms with E-state index in [-0.39, 0.29) is 25.4 Å². The van der Waals surface area contributed by atoms with Crippen LogP contribution in [-0.4, -0.2) is 37.4 Å². The Morgan fingerprint density at radius 2 is 1.12 bits per heavy atom. The van der Waals surface area contributed by atoms with E-state index in [1.165, 1.54) is 0 Å². The molecule has 6 nitrogen and oxygen atoms in total. The first-order valence-electron chi connectivity index (χ1n) is 10.8. The summed E-state index contributed by atoms with van der Waals surface area (Å²) in [4.78, 5) is 23.6. The molecule has 2 rings (SSSR count). The molecule has 2 unspecified atom stereocenters. The predicted molar refractivity (Wildman–Crippen MR) is 125 cm³/mol. The summed E-state index contributed by atoms with van der Waals surface area (Å²) in [5, 5.41) is 1.75. The molecule has 172 valence electrons. The molecule has 6 heteroatoms. The van der Waals surface area contributed by atoms with Gasteiger partial charge in [-0.15, -0.1) is 0 Å². The number of benzene rings is 2. The molecule has 0 saturated carbocycles. The van der Waals surface area contributed by atoms with Crippen LogP contribution >= 0.6 is 0 Å². The largest absolute Gasteiger partial charge is 0.489 e. The summed E-state index contributed by atoms with van der Waals surface area (Å²) in [5.41, 5.74) is 0.712. The van der Waals surface area contributed by atoms with Gasteiger partial charge >= 0.3 is 11.9 Å². The van der Waals surface area contributed by atoms with Crippen LogP contribution in [0.1, 0.15) is 40.5 Å². The maximum absolute atomic E-state index is 11.8. The van der Waals surface area contributed by atoms with Crippen LogP contribution in [0.2, 0.25) is 0 Å². The van der Waals surface area contributed by atoms with Gasteiger partial charge in [0.2, 0.25) is 0 Å². The number of fused-ring (bicyclic) bond motifs is 1. The van der Waals surface area contributed by atoms with E-state index < -0.39 is 11.9 Å². The van der Waals surface area contributed by atoms with Gasteiger partial charge in [-0.3, -0.25) is 0 Å². The van der Waals surface area contributed by atoms with Crippen LogP contribution in [0.25, 0.3) is 10.8 Å². The van der Waals surface area contributed by atoms with Crippen molar-refractivity contribution in [1.82, 2.24) is 0 Å². The van der Waals surface area contributed by atoms with E-state index in [9.17, 15) is 9.59 Å². The normalized spacial score (nSPS) is 12.5. The van der Waals surface area contributed by atoms with Crippen LogP contribution in [0.5, 0.6) is 11.5 Å². The summed E-state index contributed by atoms with van der Waals surface area (Å²) in [6, 6.07) is 11.4. The Balaban J connectivity index is 2.13. The summed E-state index contributed by atoms with van der Waals surface area (Å²) in [5.74, 6) is 0.482. The molecule has 0 aliphatic heterocycles. The average molecular weight is 441 g/mol. The van der Waals surface area contributed by atoms with Crippen molar-refractivity contribution in [2.45, 2.75) is 52.7 Å². The fourth-order valence-corrected chi connectivity index (χ4v) is 2.84. The van der Waals surface area contributed by atoms with E-state index in [4.69, 9.17) is 18.9 Å². The zero-order valence-corrected chi connectivity index (χ0v) is 19.3. The van der Waals surface area contributed by atoms with Gasteiger partial charge in [-0.2, -0.15) is 0 Å². The Kier molecular flexibility index (Phi) is 9.32. The summed E-state index contributed by atoms with van der Waals surface area (Å²) < 4.78 is 22.8. The van der Waals surface area contributed by atoms with Gasteiger partial charge in [0.15, 0.2) is 0 Å². The molecule has 0 fully saturated rings. The molecule has 0 aromatic heterocycles. The minimum atomic E-state index is -0.424. The van der Waals surface area contributed by atoms with Crippen molar-refractivity contribution in [3.8, 4) is 11.5 Å². The van der Waals surface area contributed by atoms with Crippen molar-refractivity contribution in [3.63, 3.8) is 0 Å². The third kappa shape index (κ3) is 6.87. The van der Waals surface area contributed by atoms with Gasteiger partial charge in [0.1, 0.15) is 36.9 Å². The molecule has 0 N–H and O–H groups in total. The highest BCUT2D eigenvalue weighted by atomic mass is 16.6. The second-order valence-corrected chi connectivity index (χ2v) is 7.66. The Morgan fingerprint density at radius 3 is 1.44 bits per heavy atom. The van der Waals surface area contributed by atoms with E-state index >= 15 is 0 Å². The zero-order chi connectivity index (χ0) is 23.7. The minimum absolute atomic E-state index is 0.231. The molecule has 0 radical (unpaired) electrons. The Hall–Kier alpha value is -3.28. The van der Waals surface area contributed by atoms with Crippen LogP contribution < -0.4 is 9.47 Å². The number of ether oxygens (including phenoxy) is 4. The number of carbonyl (C=O) groups is 2. The Bertz CT molecular complexity index is 899. The molecule has 2 atom stereocenters. The molecule has 0 bridgehead atoms. The summed E-state index contributed by atoms with van der Waals surface area (Å²) in [7, 11) is 0. The number of rotatable bonds is 12. The van der Waals surface area contributed by atoms with Crippen LogP contribution in [0.4, 0.5) is 0 Å². The second-order valence-electron chi connectivity index (χ2n) is 7.66. The lowest BCUT2D eigenvalue weighted by molar-refractivity contribution is -0.146. The first-order chi connectivity index (χ1) is 15.3. The molecule has 0 amide bonds. The monoisotopic (exact) mass is 440 g/mol. The van der Waals surface area contributed by atoms with Crippen molar-refractivity contribution in [1.29, 1.82) is 0 Å². The van der Waals surface area contributed by atoms with Gasteiger partial charge < -0.3 is 18.9 Å². The van der Waals surface area contributed by atoms with Crippen molar-refractivity contribution in [2.75, 3.05) is 13.2 Å². The van der Waals surface area contributed by atoms with E-state index in [0.29, 0.717) is 35.5 Å². The summed E-state index contributed by atoms with van der Waals surface area (Å²) >= 11 is 0. The Labute approximate surface area is 189 Å². The van der Waals surface area contributed by atoms with Crippen molar-refractivity contribution >= 4 is 22.7 Å². The first kappa shape index (κ1) is 25.0. The van der Waals surface area contributed by atoms with Gasteiger partial charge in [-0.25, -0.2) is 9.59 Å². The van der Waals surface area contributed by atoms with Crippen molar-refractivity contribution in [3.05, 3.63) is 60.7 Å². The van der Waals surface area contributed by atoms with E-state index in [2.05, 4.69) is 13.2 Å². The van der Waals surface area contributed by atoms with Crippen LogP contribution in [-0.2, 0) is 19.1 Å². The predicted octanol–water partition coefficient (Wildman–Crippen LogP) is 5.39. The van der Waals surface area contributed by atoms with Crippen molar-refractivity contribution in [2.24, 2.45) is 0 Å². The number of hydrogen-bond acceptors (Lipinski definition) is 6. The molecule has 0 saturated heterocycles. The van der Waals surface area contributed by atoms with Gasteiger partial charge in [0.05, 0.1) is 0 Å². The molecule has 0 aliphatic rings. The molecule has 32 heavy (non-hydrogen) atoms. The van der Waals surface area contributed by atoms with Gasteiger partial charge in [0, 0.05) is 21.9 Å². The smallest absolute Gasteiger partial charge is 0.333 e. The van der Waals surface area contributed by atoms with E-state index in [1.807, 2.05) is 50.2 Å². The topological polar surface area (TPSA) is 71.1 Å². The number of hydrogen-bond donors (Lipinski definition) is 0. The highest BCUT2D eigenvalue weighted by Crippen LogP contribution is 2.33. The standard InChI is InChI=1S/C26H32O6/c1-7-19(31-25(27)17(3)4)15-29-23-13-14-24(22-12-10-9-11-21(22)23)30-16-20(8-2)32-26(28)18(5)6/h9-14,19-20H,3,5,7-8,15-16H2,1-2,4,6H3. The van der Waals surface area contributed by atoms with E-state index in [1.54, 1.807) is 13.8 Å². The zero-order valence-electron chi connectivity index (χ0n) is 19.3. The van der Waals surface area contributed by atoms with Crippen LogP contribution in [0.3, 0.4) is 0 Å². The maximum Gasteiger partial charge on any atom is 0.333 e. The minimum Gasteiger partial charge on any atom is -0.489 e. The third-order valence-corrected chi connectivity index (χ3v) is 4.85. The van der Waals surface area contributed by atoms with Crippen LogP contribution in [0, 0.1) is 0 Å². The van der Waals surface area contributed by atoms with Gasteiger partial charge in [-0.05, 0) is 38.8 Å². The highest BCUT2D eigenvalue weighted by molar-refractivity contribution is 5.93. The summed E-state index contributed by atoms with van der Waals surface area (Å²) in [6.07, 6.45) is 0.503. The first-order valence-corrected chi connectivity index (χ1v) is 10.8. The van der Waals surface area contributed by atoms with Crippen molar-refractivity contribution < 1.29 is 28.5 Å². The molecular formula is C26H32O6. The lowest BCUT2D eigenvalue weighted by Crippen LogP contribution is -2.25. The van der Waals surface area contributed by atoms with Gasteiger partial charge in [0.25, 0.3) is 0 Å². The molecule has 0 heterocycles. The SMILES string of the molecule is C=C(C)C(=O)OC(CC)COc1ccc(OCC(CC)OC(=O)C(=C)C)c2ccccc12.